The molecule has 4 heteroatoms. The van der Waals surface area contributed by atoms with Gasteiger partial charge in [-0.15, -0.1) is 0 Å². The maximum Gasteiger partial charge on any atom is 0.157 e. The van der Waals surface area contributed by atoms with Crippen LogP contribution >= 0.6 is 0 Å². The predicted molar refractivity (Wildman–Crippen MR) is 89.5 cm³/mol. The first kappa shape index (κ1) is 16.7. The summed E-state index contributed by atoms with van der Waals surface area (Å²) in [7, 11) is -3.37. The smallest absolute Gasteiger partial charge is 0.157 e. The van der Waals surface area contributed by atoms with Gasteiger partial charge in [0, 0.05) is 0 Å². The van der Waals surface area contributed by atoms with Crippen LogP contribution in [0.15, 0.2) is 42.5 Å². The lowest BCUT2D eigenvalue weighted by Gasteiger charge is -2.13. The van der Waals surface area contributed by atoms with Crippen LogP contribution in [0.5, 0.6) is 0 Å². The first-order chi connectivity index (χ1) is 10.2. The lowest BCUT2D eigenvalue weighted by molar-refractivity contribution is 0.201. The van der Waals surface area contributed by atoms with Gasteiger partial charge in [-0.3, -0.25) is 0 Å². The van der Waals surface area contributed by atoms with Crippen molar-refractivity contribution in [3.05, 3.63) is 70.3 Å². The Bertz CT molecular complexity index is 726. The topological polar surface area (TPSA) is 54.4 Å². The van der Waals surface area contributed by atoms with Gasteiger partial charge in [-0.2, -0.15) is 0 Å². The molecule has 0 amide bonds. The Labute approximate surface area is 132 Å². The normalized spacial score (nSPS) is 13.1. The van der Waals surface area contributed by atoms with E-state index >= 15 is 0 Å². The minimum Gasteiger partial charge on any atom is -0.387 e. The van der Waals surface area contributed by atoms with Gasteiger partial charge in [0.25, 0.3) is 0 Å². The molecule has 0 bridgehead atoms. The largest absolute Gasteiger partial charge is 0.387 e. The summed E-state index contributed by atoms with van der Waals surface area (Å²) in [5.41, 5.74) is 4.54. The number of rotatable bonds is 5. The summed E-state index contributed by atoms with van der Waals surface area (Å²) in [6.45, 7) is 5.83. The Morgan fingerprint density at radius 1 is 0.909 bits per heavy atom. The van der Waals surface area contributed by atoms with E-state index in [4.69, 9.17) is 0 Å². The second-order valence-electron chi connectivity index (χ2n) is 5.98. The fourth-order valence-corrected chi connectivity index (χ4v) is 4.03. The third-order valence-corrected chi connectivity index (χ3v) is 5.14. The third-order valence-electron chi connectivity index (χ3n) is 3.55. The zero-order valence-electron chi connectivity index (χ0n) is 13.2. The van der Waals surface area contributed by atoms with Crippen LogP contribution in [0, 0.1) is 20.8 Å². The average molecular weight is 318 g/mol. The van der Waals surface area contributed by atoms with Gasteiger partial charge in [-0.25, -0.2) is 8.42 Å². The van der Waals surface area contributed by atoms with Crippen LogP contribution in [0.1, 0.15) is 33.9 Å². The van der Waals surface area contributed by atoms with Crippen LogP contribution in [0.25, 0.3) is 0 Å². The monoisotopic (exact) mass is 318 g/mol. The molecular formula is C18H22O3S. The lowest BCUT2D eigenvalue weighted by atomic mass is 10.0. The molecule has 0 spiro atoms. The minimum absolute atomic E-state index is 0.0465. The van der Waals surface area contributed by atoms with Crippen molar-refractivity contribution in [3.8, 4) is 0 Å². The molecule has 0 aliphatic carbocycles. The van der Waals surface area contributed by atoms with E-state index in [9.17, 15) is 13.5 Å². The average Bonchev–Trinajstić information content (AvgIpc) is 2.39. The van der Waals surface area contributed by atoms with E-state index in [1.807, 2.05) is 63.2 Å². The molecule has 1 atom stereocenters. The highest BCUT2D eigenvalue weighted by molar-refractivity contribution is 7.90. The van der Waals surface area contributed by atoms with Crippen molar-refractivity contribution in [2.24, 2.45) is 0 Å². The van der Waals surface area contributed by atoms with Gasteiger partial charge in [0.1, 0.15) is 0 Å². The maximum absolute atomic E-state index is 12.3. The first-order valence-corrected chi connectivity index (χ1v) is 9.09. The van der Waals surface area contributed by atoms with Gasteiger partial charge in [-0.1, -0.05) is 59.2 Å². The number of benzene rings is 2. The highest BCUT2D eigenvalue weighted by atomic mass is 32.2. The molecule has 0 heterocycles. The number of aliphatic hydroxyl groups excluding tert-OH is 1. The Hall–Kier alpha value is -1.65. The van der Waals surface area contributed by atoms with Gasteiger partial charge in [-0.05, 0) is 31.9 Å². The summed E-state index contributed by atoms with van der Waals surface area (Å²) in [5, 5.41) is 10.2. The molecule has 2 rings (SSSR count). The fraction of sp³-hybridized carbons (Fsp3) is 0.333. The van der Waals surface area contributed by atoms with E-state index in [-0.39, 0.29) is 11.5 Å². The second-order valence-corrected chi connectivity index (χ2v) is 8.09. The number of hydrogen-bond acceptors (Lipinski definition) is 3. The molecule has 22 heavy (non-hydrogen) atoms. The predicted octanol–water partition coefficient (Wildman–Crippen LogP) is 3.26. The van der Waals surface area contributed by atoms with Crippen molar-refractivity contribution in [1.29, 1.82) is 0 Å². The SMILES string of the molecule is Cc1ccc(CS(=O)(=O)CC(O)c2cc(C)cc(C)c2)cc1. The molecule has 0 aliphatic heterocycles. The summed E-state index contributed by atoms with van der Waals surface area (Å²) in [5.74, 6) is -0.307. The molecule has 0 fully saturated rings. The Kier molecular flexibility index (Phi) is 5.04. The highest BCUT2D eigenvalue weighted by Gasteiger charge is 2.19. The molecule has 0 saturated carbocycles. The van der Waals surface area contributed by atoms with E-state index in [0.717, 1.165) is 22.3 Å². The molecule has 0 saturated heterocycles. The molecular weight excluding hydrogens is 296 g/mol. The number of aryl methyl sites for hydroxylation is 3. The quantitative estimate of drug-likeness (QED) is 0.920. The van der Waals surface area contributed by atoms with Gasteiger partial charge < -0.3 is 5.11 Å². The third kappa shape index (κ3) is 4.68. The van der Waals surface area contributed by atoms with Crippen LogP contribution in [0.2, 0.25) is 0 Å². The molecule has 0 aromatic heterocycles. The molecule has 118 valence electrons. The molecule has 1 unspecified atom stereocenters. The summed E-state index contributed by atoms with van der Waals surface area (Å²) >= 11 is 0. The van der Waals surface area contributed by atoms with E-state index in [0.29, 0.717) is 5.56 Å². The molecule has 2 aromatic carbocycles. The van der Waals surface area contributed by atoms with E-state index in [2.05, 4.69) is 0 Å². The number of aliphatic hydroxyl groups is 1. The first-order valence-electron chi connectivity index (χ1n) is 7.27. The Balaban J connectivity index is 2.12. The Morgan fingerprint density at radius 2 is 1.45 bits per heavy atom. The van der Waals surface area contributed by atoms with Gasteiger partial charge in [0.05, 0.1) is 17.6 Å². The van der Waals surface area contributed by atoms with Crippen molar-refractivity contribution in [1.82, 2.24) is 0 Å². The van der Waals surface area contributed by atoms with Gasteiger partial charge in [0.15, 0.2) is 9.84 Å². The van der Waals surface area contributed by atoms with Crippen molar-refractivity contribution >= 4 is 9.84 Å². The van der Waals surface area contributed by atoms with Crippen LogP contribution in [-0.4, -0.2) is 19.3 Å². The van der Waals surface area contributed by atoms with Crippen LogP contribution in [0.4, 0.5) is 0 Å². The van der Waals surface area contributed by atoms with Crippen molar-refractivity contribution < 1.29 is 13.5 Å². The Morgan fingerprint density at radius 3 is 2.00 bits per heavy atom. The second kappa shape index (κ2) is 6.63. The summed E-state index contributed by atoms with van der Waals surface area (Å²) in [4.78, 5) is 0. The zero-order valence-corrected chi connectivity index (χ0v) is 14.0. The number of hydrogen-bond donors (Lipinski definition) is 1. The highest BCUT2D eigenvalue weighted by Crippen LogP contribution is 2.20. The zero-order chi connectivity index (χ0) is 16.3. The summed E-state index contributed by atoms with van der Waals surface area (Å²) in [6.07, 6.45) is -0.992. The fourth-order valence-electron chi connectivity index (χ4n) is 2.54. The lowest BCUT2D eigenvalue weighted by Crippen LogP contribution is -2.16. The van der Waals surface area contributed by atoms with Crippen LogP contribution < -0.4 is 0 Å². The van der Waals surface area contributed by atoms with Gasteiger partial charge >= 0.3 is 0 Å². The summed E-state index contributed by atoms with van der Waals surface area (Å²) in [6, 6.07) is 13.1. The minimum atomic E-state index is -3.37. The molecule has 3 nitrogen and oxygen atoms in total. The summed E-state index contributed by atoms with van der Waals surface area (Å²) < 4.78 is 24.6. The van der Waals surface area contributed by atoms with Crippen molar-refractivity contribution in [3.63, 3.8) is 0 Å². The maximum atomic E-state index is 12.3. The van der Waals surface area contributed by atoms with E-state index < -0.39 is 15.9 Å². The number of sulfone groups is 1. The van der Waals surface area contributed by atoms with Crippen molar-refractivity contribution in [2.45, 2.75) is 32.6 Å². The van der Waals surface area contributed by atoms with Crippen molar-refractivity contribution in [2.75, 3.05) is 5.75 Å². The standard InChI is InChI=1S/C18H22O3S/c1-13-4-6-16(7-5-13)11-22(20,21)12-18(19)17-9-14(2)8-15(3)10-17/h4-10,18-19H,11-12H2,1-3H3. The molecule has 0 radical (unpaired) electrons. The van der Waals surface area contributed by atoms with Crippen LogP contribution in [-0.2, 0) is 15.6 Å². The van der Waals surface area contributed by atoms with E-state index in [1.165, 1.54) is 0 Å². The molecule has 1 N–H and O–H groups in total. The molecule has 0 aliphatic rings. The van der Waals surface area contributed by atoms with E-state index in [1.54, 1.807) is 0 Å². The van der Waals surface area contributed by atoms with Gasteiger partial charge in [0.2, 0.25) is 0 Å². The molecule has 2 aromatic rings. The van der Waals surface area contributed by atoms with Crippen LogP contribution in [0.3, 0.4) is 0 Å².